The van der Waals surface area contributed by atoms with E-state index in [0.717, 1.165) is 6.41 Å². The Bertz CT molecular complexity index is 821. The van der Waals surface area contributed by atoms with Crippen LogP contribution in [0.1, 0.15) is 10.5 Å². The van der Waals surface area contributed by atoms with Crippen molar-refractivity contribution in [2.45, 2.75) is 0 Å². The van der Waals surface area contributed by atoms with Gasteiger partial charge < -0.3 is 24.6 Å². The number of aromatic nitrogens is 2. The van der Waals surface area contributed by atoms with Crippen LogP contribution in [0, 0.1) is 0 Å². The van der Waals surface area contributed by atoms with Gasteiger partial charge in [-0.15, -0.1) is 0 Å². The maximum atomic E-state index is 12.7. The first-order chi connectivity index (χ1) is 13.1. The molecule has 3 rings (SSSR count). The van der Waals surface area contributed by atoms with Crippen LogP contribution in [0.15, 0.2) is 30.5 Å². The highest BCUT2D eigenvalue weighted by molar-refractivity contribution is 5.92. The molecule has 0 bridgehead atoms. The molecule has 9 nitrogen and oxygen atoms in total. The van der Waals surface area contributed by atoms with E-state index >= 15 is 0 Å². The third kappa shape index (κ3) is 4.25. The lowest BCUT2D eigenvalue weighted by Crippen LogP contribution is -2.48. The summed E-state index contributed by atoms with van der Waals surface area (Å²) < 4.78 is 10.6. The largest absolute Gasteiger partial charge is 0.497 e. The summed E-state index contributed by atoms with van der Waals surface area (Å²) in [5, 5.41) is 3.06. The molecule has 2 amide bonds. The Labute approximate surface area is 156 Å². The summed E-state index contributed by atoms with van der Waals surface area (Å²) in [6, 6.07) is 6.88. The van der Waals surface area contributed by atoms with Crippen molar-refractivity contribution < 1.29 is 19.1 Å². The van der Waals surface area contributed by atoms with Crippen molar-refractivity contribution >= 4 is 24.0 Å². The smallest absolute Gasteiger partial charge is 0.272 e. The van der Waals surface area contributed by atoms with Gasteiger partial charge in [-0.2, -0.15) is 0 Å². The van der Waals surface area contributed by atoms with Gasteiger partial charge in [0.15, 0.2) is 0 Å². The van der Waals surface area contributed by atoms with Crippen LogP contribution in [0.3, 0.4) is 0 Å². The number of hydrogen-bond acceptors (Lipinski definition) is 7. The molecule has 0 unspecified atom stereocenters. The normalized spacial score (nSPS) is 13.9. The Hall–Kier alpha value is -3.36. The number of piperazine rings is 1. The SMILES string of the molecule is COc1ccc(OC)c(Nc2nccc(C(=O)N3CCN(C=O)CC3)n2)c1. The Morgan fingerprint density at radius 3 is 2.59 bits per heavy atom. The number of nitrogens with zero attached hydrogens (tertiary/aromatic N) is 4. The van der Waals surface area contributed by atoms with Gasteiger partial charge in [0.05, 0.1) is 19.9 Å². The average molecular weight is 371 g/mol. The predicted octanol–water partition coefficient (Wildman–Crippen LogP) is 1.15. The molecule has 27 heavy (non-hydrogen) atoms. The fraction of sp³-hybridized carbons (Fsp3) is 0.333. The van der Waals surface area contributed by atoms with Gasteiger partial charge in [0.25, 0.3) is 5.91 Å². The van der Waals surface area contributed by atoms with Crippen molar-refractivity contribution in [1.82, 2.24) is 19.8 Å². The lowest BCUT2D eigenvalue weighted by Gasteiger charge is -2.32. The van der Waals surface area contributed by atoms with Crippen molar-refractivity contribution in [3.8, 4) is 11.5 Å². The minimum absolute atomic E-state index is 0.191. The molecule has 1 N–H and O–H groups in total. The summed E-state index contributed by atoms with van der Waals surface area (Å²) in [5.41, 5.74) is 0.912. The molecule has 0 saturated carbocycles. The molecule has 1 aromatic heterocycles. The Balaban J connectivity index is 1.76. The van der Waals surface area contributed by atoms with Crippen molar-refractivity contribution in [2.24, 2.45) is 0 Å². The highest BCUT2D eigenvalue weighted by atomic mass is 16.5. The van der Waals surface area contributed by atoms with E-state index in [4.69, 9.17) is 9.47 Å². The first kappa shape index (κ1) is 18.4. The van der Waals surface area contributed by atoms with E-state index < -0.39 is 0 Å². The molecular weight excluding hydrogens is 350 g/mol. The molecular formula is C18H21N5O4. The third-order valence-corrected chi connectivity index (χ3v) is 4.28. The maximum absolute atomic E-state index is 12.7. The van der Waals surface area contributed by atoms with Gasteiger partial charge in [0, 0.05) is 38.4 Å². The molecule has 1 fully saturated rings. The highest BCUT2D eigenvalue weighted by Gasteiger charge is 2.22. The van der Waals surface area contributed by atoms with E-state index in [1.165, 1.54) is 6.20 Å². The van der Waals surface area contributed by atoms with Crippen LogP contribution in [-0.4, -0.2) is 72.5 Å². The first-order valence-electron chi connectivity index (χ1n) is 8.45. The van der Waals surface area contributed by atoms with E-state index in [1.54, 1.807) is 48.3 Å². The zero-order chi connectivity index (χ0) is 19.2. The van der Waals surface area contributed by atoms with E-state index in [9.17, 15) is 9.59 Å². The number of nitrogens with one attached hydrogen (secondary N) is 1. The van der Waals surface area contributed by atoms with Crippen LogP contribution >= 0.6 is 0 Å². The topological polar surface area (TPSA) is 96.9 Å². The molecule has 2 heterocycles. The molecule has 9 heteroatoms. The second kappa shape index (κ2) is 8.35. The molecule has 1 aliphatic rings. The van der Waals surface area contributed by atoms with Gasteiger partial charge in [-0.05, 0) is 18.2 Å². The summed E-state index contributed by atoms with van der Waals surface area (Å²) in [6.07, 6.45) is 2.33. The molecule has 1 aromatic carbocycles. The first-order valence-corrected chi connectivity index (χ1v) is 8.45. The third-order valence-electron chi connectivity index (χ3n) is 4.28. The molecule has 2 aromatic rings. The van der Waals surface area contributed by atoms with E-state index in [1.807, 2.05) is 0 Å². The average Bonchev–Trinajstić information content (AvgIpc) is 2.73. The molecule has 0 aliphatic carbocycles. The van der Waals surface area contributed by atoms with Gasteiger partial charge in [-0.3, -0.25) is 9.59 Å². The van der Waals surface area contributed by atoms with Gasteiger partial charge in [-0.1, -0.05) is 0 Å². The Morgan fingerprint density at radius 2 is 1.93 bits per heavy atom. The van der Waals surface area contributed by atoms with Gasteiger partial charge in [-0.25, -0.2) is 9.97 Å². The lowest BCUT2D eigenvalue weighted by atomic mass is 10.2. The molecule has 0 radical (unpaired) electrons. The summed E-state index contributed by atoms with van der Waals surface area (Å²) in [6.45, 7) is 2.00. The van der Waals surface area contributed by atoms with Crippen LogP contribution in [0.2, 0.25) is 0 Å². The number of hydrogen-bond donors (Lipinski definition) is 1. The summed E-state index contributed by atoms with van der Waals surface area (Å²) in [7, 11) is 3.14. The Kier molecular flexibility index (Phi) is 5.70. The summed E-state index contributed by atoms with van der Waals surface area (Å²) >= 11 is 0. The molecule has 142 valence electrons. The quantitative estimate of drug-likeness (QED) is 0.761. The van der Waals surface area contributed by atoms with E-state index in [0.29, 0.717) is 43.4 Å². The fourth-order valence-corrected chi connectivity index (χ4v) is 2.76. The van der Waals surface area contributed by atoms with Gasteiger partial charge in [0.2, 0.25) is 12.4 Å². The molecule has 1 aliphatic heterocycles. The van der Waals surface area contributed by atoms with Gasteiger partial charge in [0.1, 0.15) is 17.2 Å². The molecule has 0 atom stereocenters. The number of methoxy groups -OCH3 is 2. The number of anilines is 2. The monoisotopic (exact) mass is 371 g/mol. The van der Waals surface area contributed by atoms with Crippen LogP contribution in [0.4, 0.5) is 11.6 Å². The van der Waals surface area contributed by atoms with Gasteiger partial charge >= 0.3 is 0 Å². The predicted molar refractivity (Wildman–Crippen MR) is 98.4 cm³/mol. The zero-order valence-electron chi connectivity index (χ0n) is 15.2. The van der Waals surface area contributed by atoms with Crippen molar-refractivity contribution in [3.05, 3.63) is 36.2 Å². The number of ether oxygens (including phenoxy) is 2. The highest BCUT2D eigenvalue weighted by Crippen LogP contribution is 2.30. The Morgan fingerprint density at radius 1 is 1.15 bits per heavy atom. The minimum atomic E-state index is -0.191. The number of rotatable bonds is 6. The second-order valence-electron chi connectivity index (χ2n) is 5.89. The van der Waals surface area contributed by atoms with E-state index in [2.05, 4.69) is 15.3 Å². The number of amides is 2. The zero-order valence-corrected chi connectivity index (χ0v) is 15.2. The summed E-state index contributed by atoms with van der Waals surface area (Å²) in [5.74, 6) is 1.34. The second-order valence-corrected chi connectivity index (χ2v) is 5.89. The molecule has 1 saturated heterocycles. The van der Waals surface area contributed by atoms with Crippen molar-refractivity contribution in [3.63, 3.8) is 0 Å². The maximum Gasteiger partial charge on any atom is 0.272 e. The summed E-state index contributed by atoms with van der Waals surface area (Å²) in [4.78, 5) is 35.3. The molecule has 0 spiro atoms. The number of benzene rings is 1. The number of carbonyl (C=O) groups excluding carboxylic acids is 2. The minimum Gasteiger partial charge on any atom is -0.497 e. The van der Waals surface area contributed by atoms with Crippen molar-refractivity contribution in [2.75, 3.05) is 45.7 Å². The van der Waals surface area contributed by atoms with Crippen LogP contribution in [0.25, 0.3) is 0 Å². The standard InChI is InChI=1S/C18H21N5O4/c1-26-13-3-4-16(27-2)15(11-13)21-18-19-6-5-14(20-18)17(25)23-9-7-22(12-24)8-10-23/h3-6,11-12H,7-10H2,1-2H3,(H,19,20,21). The lowest BCUT2D eigenvalue weighted by molar-refractivity contribution is -0.119. The van der Waals surface area contributed by atoms with Crippen molar-refractivity contribution in [1.29, 1.82) is 0 Å². The van der Waals surface area contributed by atoms with Crippen LogP contribution < -0.4 is 14.8 Å². The van der Waals surface area contributed by atoms with E-state index in [-0.39, 0.29) is 17.5 Å². The number of carbonyl (C=O) groups is 2. The fourth-order valence-electron chi connectivity index (χ4n) is 2.76. The van der Waals surface area contributed by atoms with Crippen LogP contribution in [-0.2, 0) is 4.79 Å². The van der Waals surface area contributed by atoms with Crippen LogP contribution in [0.5, 0.6) is 11.5 Å².